The summed E-state index contributed by atoms with van der Waals surface area (Å²) >= 11 is 0. The Labute approximate surface area is 166 Å². The number of nitrogens with one attached hydrogen (secondary N) is 2. The van der Waals surface area contributed by atoms with Gasteiger partial charge in [0.15, 0.2) is 0 Å². The number of aryl methyl sites for hydroxylation is 2. The van der Waals surface area contributed by atoms with Crippen LogP contribution in [0.15, 0.2) is 54.9 Å². The third-order valence-electron chi connectivity index (χ3n) is 4.66. The second-order valence-electron chi connectivity index (χ2n) is 7.97. The summed E-state index contributed by atoms with van der Waals surface area (Å²) in [7, 11) is 0. The van der Waals surface area contributed by atoms with Gasteiger partial charge in [0.25, 0.3) is 5.91 Å². The molecule has 0 aliphatic rings. The SMILES string of the molecule is Cc1ccc(Nc2ncc(C(=O)Nc3ccccc3C(C)(C)C)cn2)cc1C. The molecule has 0 atom stereocenters. The Kier molecular flexibility index (Phi) is 5.45. The van der Waals surface area contributed by atoms with Crippen molar-refractivity contribution in [2.24, 2.45) is 0 Å². The molecule has 0 saturated carbocycles. The lowest BCUT2D eigenvalue weighted by molar-refractivity contribution is 0.102. The molecule has 0 unspecified atom stereocenters. The summed E-state index contributed by atoms with van der Waals surface area (Å²) in [5.74, 6) is 0.226. The van der Waals surface area contributed by atoms with E-state index in [9.17, 15) is 4.79 Å². The molecule has 0 radical (unpaired) electrons. The van der Waals surface area contributed by atoms with Gasteiger partial charge in [-0.05, 0) is 54.2 Å². The zero-order valence-corrected chi connectivity index (χ0v) is 17.0. The summed E-state index contributed by atoms with van der Waals surface area (Å²) in [6, 6.07) is 13.9. The van der Waals surface area contributed by atoms with E-state index in [1.807, 2.05) is 42.5 Å². The molecule has 1 heterocycles. The average molecular weight is 374 g/mol. The number of rotatable bonds is 4. The number of aromatic nitrogens is 2. The van der Waals surface area contributed by atoms with Gasteiger partial charge >= 0.3 is 0 Å². The van der Waals surface area contributed by atoms with Crippen molar-refractivity contribution >= 4 is 23.2 Å². The number of benzene rings is 2. The maximum atomic E-state index is 12.6. The molecule has 2 N–H and O–H groups in total. The predicted octanol–water partition coefficient (Wildman–Crippen LogP) is 5.39. The normalized spacial score (nSPS) is 11.2. The van der Waals surface area contributed by atoms with E-state index in [1.54, 1.807) is 0 Å². The van der Waals surface area contributed by atoms with Gasteiger partial charge in [-0.2, -0.15) is 0 Å². The van der Waals surface area contributed by atoms with Gasteiger partial charge in [-0.3, -0.25) is 4.79 Å². The number of carbonyl (C=O) groups excluding carboxylic acids is 1. The first-order chi connectivity index (χ1) is 13.2. The molecule has 144 valence electrons. The zero-order valence-electron chi connectivity index (χ0n) is 17.0. The minimum absolute atomic E-state index is 0.0691. The second-order valence-corrected chi connectivity index (χ2v) is 7.97. The van der Waals surface area contributed by atoms with Crippen LogP contribution in [0, 0.1) is 13.8 Å². The van der Waals surface area contributed by atoms with Crippen LogP contribution in [0.4, 0.5) is 17.3 Å². The van der Waals surface area contributed by atoms with Gasteiger partial charge in [-0.15, -0.1) is 0 Å². The number of para-hydroxylation sites is 1. The Morgan fingerprint density at radius 2 is 1.61 bits per heavy atom. The van der Waals surface area contributed by atoms with Crippen LogP contribution in [0.5, 0.6) is 0 Å². The smallest absolute Gasteiger partial charge is 0.258 e. The highest BCUT2D eigenvalue weighted by atomic mass is 16.1. The lowest BCUT2D eigenvalue weighted by atomic mass is 9.86. The molecular weight excluding hydrogens is 348 g/mol. The molecule has 0 saturated heterocycles. The number of carbonyl (C=O) groups is 1. The number of nitrogens with zero attached hydrogens (tertiary/aromatic N) is 2. The van der Waals surface area contributed by atoms with Gasteiger partial charge in [0.05, 0.1) is 5.56 Å². The number of hydrogen-bond donors (Lipinski definition) is 2. The van der Waals surface area contributed by atoms with Crippen molar-refractivity contribution < 1.29 is 4.79 Å². The third kappa shape index (κ3) is 4.55. The first-order valence-corrected chi connectivity index (χ1v) is 9.31. The Bertz CT molecular complexity index is 988. The van der Waals surface area contributed by atoms with Crippen LogP contribution in [0.1, 0.15) is 47.8 Å². The second kappa shape index (κ2) is 7.80. The molecule has 1 aromatic heterocycles. The molecular formula is C23H26N4O. The molecule has 5 nitrogen and oxygen atoms in total. The highest BCUT2D eigenvalue weighted by molar-refractivity contribution is 6.04. The van der Waals surface area contributed by atoms with Crippen LogP contribution in [0.2, 0.25) is 0 Å². The standard InChI is InChI=1S/C23H26N4O/c1-15-10-11-18(12-16(15)2)26-22-24-13-17(14-25-22)21(28)27-20-9-7-6-8-19(20)23(3,4)5/h6-14H,1-5H3,(H,27,28)(H,24,25,26). The fraction of sp³-hybridized carbons (Fsp3) is 0.261. The lowest BCUT2D eigenvalue weighted by Gasteiger charge is -2.23. The molecule has 3 rings (SSSR count). The van der Waals surface area contributed by atoms with Crippen molar-refractivity contribution in [2.45, 2.75) is 40.0 Å². The minimum atomic E-state index is -0.227. The Hall–Kier alpha value is -3.21. The quantitative estimate of drug-likeness (QED) is 0.643. The van der Waals surface area contributed by atoms with E-state index in [0.717, 1.165) is 16.9 Å². The summed E-state index contributed by atoms with van der Waals surface area (Å²) in [5.41, 5.74) is 5.57. The Morgan fingerprint density at radius 3 is 2.25 bits per heavy atom. The molecule has 28 heavy (non-hydrogen) atoms. The summed E-state index contributed by atoms with van der Waals surface area (Å²) in [4.78, 5) is 21.2. The summed E-state index contributed by atoms with van der Waals surface area (Å²) in [6.07, 6.45) is 3.07. The highest BCUT2D eigenvalue weighted by Gasteiger charge is 2.19. The van der Waals surface area contributed by atoms with Crippen molar-refractivity contribution in [2.75, 3.05) is 10.6 Å². The van der Waals surface area contributed by atoms with Gasteiger partial charge in [0, 0.05) is 23.8 Å². The zero-order chi connectivity index (χ0) is 20.3. The van der Waals surface area contributed by atoms with Crippen LogP contribution in [0.25, 0.3) is 0 Å². The third-order valence-corrected chi connectivity index (χ3v) is 4.66. The molecule has 0 aliphatic carbocycles. The summed E-state index contributed by atoms with van der Waals surface area (Å²) < 4.78 is 0. The predicted molar refractivity (Wildman–Crippen MR) is 114 cm³/mol. The molecule has 3 aromatic rings. The monoisotopic (exact) mass is 374 g/mol. The van der Waals surface area contributed by atoms with E-state index in [-0.39, 0.29) is 11.3 Å². The Balaban J connectivity index is 1.73. The topological polar surface area (TPSA) is 66.9 Å². The van der Waals surface area contributed by atoms with Gasteiger partial charge in [-0.25, -0.2) is 9.97 Å². The van der Waals surface area contributed by atoms with Gasteiger partial charge in [0.2, 0.25) is 5.95 Å². The van der Waals surface area contributed by atoms with Crippen molar-refractivity contribution in [3.63, 3.8) is 0 Å². The Morgan fingerprint density at radius 1 is 0.929 bits per heavy atom. The lowest BCUT2D eigenvalue weighted by Crippen LogP contribution is -2.19. The fourth-order valence-electron chi connectivity index (χ4n) is 2.90. The van der Waals surface area contributed by atoms with E-state index in [2.05, 4.69) is 55.2 Å². The van der Waals surface area contributed by atoms with Crippen LogP contribution in [-0.4, -0.2) is 15.9 Å². The summed E-state index contributed by atoms with van der Waals surface area (Å²) in [6.45, 7) is 10.5. The number of anilines is 3. The minimum Gasteiger partial charge on any atom is -0.324 e. The largest absolute Gasteiger partial charge is 0.324 e. The average Bonchev–Trinajstić information content (AvgIpc) is 2.65. The van der Waals surface area contributed by atoms with Crippen LogP contribution in [0.3, 0.4) is 0 Å². The first-order valence-electron chi connectivity index (χ1n) is 9.31. The van der Waals surface area contributed by atoms with E-state index < -0.39 is 0 Å². The van der Waals surface area contributed by atoms with Crippen LogP contribution >= 0.6 is 0 Å². The molecule has 2 aromatic carbocycles. The highest BCUT2D eigenvalue weighted by Crippen LogP contribution is 2.29. The molecule has 0 spiro atoms. The first kappa shape index (κ1) is 19.5. The summed E-state index contributed by atoms with van der Waals surface area (Å²) in [5, 5.41) is 6.14. The van der Waals surface area contributed by atoms with Crippen molar-refractivity contribution in [1.29, 1.82) is 0 Å². The van der Waals surface area contributed by atoms with Gasteiger partial charge < -0.3 is 10.6 Å². The molecule has 1 amide bonds. The molecule has 0 aliphatic heterocycles. The van der Waals surface area contributed by atoms with E-state index >= 15 is 0 Å². The maximum absolute atomic E-state index is 12.6. The van der Waals surface area contributed by atoms with E-state index in [1.165, 1.54) is 23.5 Å². The van der Waals surface area contributed by atoms with Gasteiger partial charge in [0.1, 0.15) is 0 Å². The van der Waals surface area contributed by atoms with Crippen molar-refractivity contribution in [3.05, 3.63) is 77.1 Å². The van der Waals surface area contributed by atoms with E-state index in [4.69, 9.17) is 0 Å². The van der Waals surface area contributed by atoms with Crippen molar-refractivity contribution in [1.82, 2.24) is 9.97 Å². The molecule has 0 bridgehead atoms. The number of amides is 1. The van der Waals surface area contributed by atoms with E-state index in [0.29, 0.717) is 11.5 Å². The van der Waals surface area contributed by atoms with Crippen LogP contribution < -0.4 is 10.6 Å². The van der Waals surface area contributed by atoms with Crippen LogP contribution in [-0.2, 0) is 5.41 Å². The maximum Gasteiger partial charge on any atom is 0.258 e. The van der Waals surface area contributed by atoms with Crippen molar-refractivity contribution in [3.8, 4) is 0 Å². The molecule has 5 heteroatoms. The molecule has 0 fully saturated rings. The fourth-order valence-corrected chi connectivity index (χ4v) is 2.90. The number of hydrogen-bond acceptors (Lipinski definition) is 4. The van der Waals surface area contributed by atoms with Gasteiger partial charge in [-0.1, -0.05) is 45.0 Å².